The smallest absolute Gasteiger partial charge is 0.157 e. The van der Waals surface area contributed by atoms with Crippen LogP contribution in [0.1, 0.15) is 52.4 Å². The van der Waals surface area contributed by atoms with Crippen molar-refractivity contribution >= 4 is 0 Å². The van der Waals surface area contributed by atoms with Crippen LogP contribution in [0.15, 0.2) is 0 Å². The number of aliphatic hydroxyl groups excluding tert-OH is 1. The molecule has 0 amide bonds. The molecule has 4 rings (SSSR count). The van der Waals surface area contributed by atoms with Crippen molar-refractivity contribution in [1.82, 2.24) is 0 Å². The van der Waals surface area contributed by atoms with Gasteiger partial charge in [0.25, 0.3) is 0 Å². The highest BCUT2D eigenvalue weighted by molar-refractivity contribution is 5.06. The van der Waals surface area contributed by atoms with Crippen molar-refractivity contribution in [1.29, 1.82) is 0 Å². The van der Waals surface area contributed by atoms with Gasteiger partial charge in [0.05, 0.1) is 12.7 Å². The molecule has 3 heteroatoms. The molecule has 110 valence electrons. The quantitative estimate of drug-likeness (QED) is 0.852. The Morgan fingerprint density at radius 3 is 2.79 bits per heavy atom. The molecule has 0 aromatic carbocycles. The maximum absolute atomic E-state index is 10.3. The molecule has 3 nitrogen and oxygen atoms in total. The molecule has 0 aromatic heterocycles. The summed E-state index contributed by atoms with van der Waals surface area (Å²) >= 11 is 0. The molecule has 5 atom stereocenters. The van der Waals surface area contributed by atoms with Crippen molar-refractivity contribution in [3.63, 3.8) is 0 Å². The molecule has 1 heterocycles. The van der Waals surface area contributed by atoms with Crippen molar-refractivity contribution in [2.75, 3.05) is 13.2 Å². The molecule has 4 aliphatic rings. The van der Waals surface area contributed by atoms with Crippen LogP contribution in [-0.2, 0) is 9.47 Å². The SMILES string of the molecule is CC1(C)C2CC1[C@@H](CCOC1CCCCO1)[C@@H](O)C2. The molecular formula is C16H28O3. The van der Waals surface area contributed by atoms with Crippen LogP contribution >= 0.6 is 0 Å². The minimum Gasteiger partial charge on any atom is -0.393 e. The molecule has 1 N–H and O–H groups in total. The standard InChI is InChI=1S/C16H28O3/c1-16(2)11-9-13(16)12(14(17)10-11)6-8-19-15-5-3-4-7-18-15/h11-15,17H,3-10H2,1-2H3/t11?,12-,13?,14+,15?/m1/s1. The number of fused-ring (bicyclic) bond motifs is 2. The number of ether oxygens (including phenoxy) is 2. The first kappa shape index (κ1) is 13.8. The van der Waals surface area contributed by atoms with E-state index in [1.54, 1.807) is 0 Å². The lowest BCUT2D eigenvalue weighted by atomic mass is 9.44. The topological polar surface area (TPSA) is 38.7 Å². The highest BCUT2D eigenvalue weighted by atomic mass is 16.7. The first-order chi connectivity index (χ1) is 9.09. The van der Waals surface area contributed by atoms with Gasteiger partial charge in [-0.25, -0.2) is 0 Å². The van der Waals surface area contributed by atoms with Crippen LogP contribution in [0.4, 0.5) is 0 Å². The van der Waals surface area contributed by atoms with Gasteiger partial charge >= 0.3 is 0 Å². The first-order valence-corrected chi connectivity index (χ1v) is 8.00. The zero-order valence-electron chi connectivity index (χ0n) is 12.3. The zero-order valence-corrected chi connectivity index (χ0v) is 12.3. The van der Waals surface area contributed by atoms with E-state index >= 15 is 0 Å². The van der Waals surface area contributed by atoms with Gasteiger partial charge in [0, 0.05) is 6.61 Å². The second-order valence-electron chi connectivity index (χ2n) is 7.28. The van der Waals surface area contributed by atoms with Gasteiger partial charge in [0.1, 0.15) is 0 Å². The lowest BCUT2D eigenvalue weighted by Gasteiger charge is -2.61. The Morgan fingerprint density at radius 1 is 1.26 bits per heavy atom. The van der Waals surface area contributed by atoms with E-state index in [1.807, 2.05) is 0 Å². The summed E-state index contributed by atoms with van der Waals surface area (Å²) in [5, 5.41) is 10.3. The van der Waals surface area contributed by atoms with Crippen molar-refractivity contribution < 1.29 is 14.6 Å². The van der Waals surface area contributed by atoms with Gasteiger partial charge in [-0.05, 0) is 61.7 Å². The molecule has 19 heavy (non-hydrogen) atoms. The van der Waals surface area contributed by atoms with Gasteiger partial charge in [-0.2, -0.15) is 0 Å². The van der Waals surface area contributed by atoms with Gasteiger partial charge in [0.2, 0.25) is 0 Å². The van der Waals surface area contributed by atoms with Gasteiger partial charge < -0.3 is 14.6 Å². The van der Waals surface area contributed by atoms with E-state index in [0.717, 1.165) is 38.4 Å². The molecule has 1 saturated heterocycles. The average Bonchev–Trinajstić information content (AvgIpc) is 2.41. The van der Waals surface area contributed by atoms with Gasteiger partial charge in [0.15, 0.2) is 6.29 Å². The highest BCUT2D eigenvalue weighted by Crippen LogP contribution is 2.61. The van der Waals surface area contributed by atoms with Crippen molar-refractivity contribution in [3.05, 3.63) is 0 Å². The Morgan fingerprint density at radius 2 is 2.11 bits per heavy atom. The summed E-state index contributed by atoms with van der Waals surface area (Å²) in [6.07, 6.45) is 6.62. The average molecular weight is 268 g/mol. The fourth-order valence-corrected chi connectivity index (χ4v) is 4.49. The van der Waals surface area contributed by atoms with Gasteiger partial charge in [-0.3, -0.25) is 0 Å². The summed E-state index contributed by atoms with van der Waals surface area (Å²) in [6.45, 7) is 6.32. The van der Waals surface area contributed by atoms with Crippen molar-refractivity contribution in [3.8, 4) is 0 Å². The zero-order chi connectivity index (χ0) is 13.5. The number of hydrogen-bond donors (Lipinski definition) is 1. The molecule has 4 fully saturated rings. The Kier molecular flexibility index (Phi) is 3.89. The van der Waals surface area contributed by atoms with Crippen LogP contribution in [0.5, 0.6) is 0 Å². The normalized spacial score (nSPS) is 44.7. The Labute approximate surface area is 116 Å². The van der Waals surface area contributed by atoms with E-state index < -0.39 is 0 Å². The van der Waals surface area contributed by atoms with E-state index in [4.69, 9.17) is 9.47 Å². The molecule has 3 aliphatic carbocycles. The largest absolute Gasteiger partial charge is 0.393 e. The maximum atomic E-state index is 10.3. The third kappa shape index (κ3) is 2.57. The van der Waals surface area contributed by atoms with Gasteiger partial charge in [-0.15, -0.1) is 0 Å². The van der Waals surface area contributed by atoms with E-state index in [-0.39, 0.29) is 12.4 Å². The van der Waals surface area contributed by atoms with E-state index in [1.165, 1.54) is 19.3 Å². The molecular weight excluding hydrogens is 240 g/mol. The van der Waals surface area contributed by atoms with Crippen LogP contribution in [0.3, 0.4) is 0 Å². The number of rotatable bonds is 4. The Bertz CT molecular complexity index is 309. The van der Waals surface area contributed by atoms with E-state index in [2.05, 4.69) is 13.8 Å². The first-order valence-electron chi connectivity index (χ1n) is 8.00. The lowest BCUT2D eigenvalue weighted by molar-refractivity contribution is -0.187. The second-order valence-corrected chi connectivity index (χ2v) is 7.28. The predicted molar refractivity (Wildman–Crippen MR) is 73.7 cm³/mol. The van der Waals surface area contributed by atoms with Crippen molar-refractivity contribution in [2.45, 2.75) is 64.8 Å². The van der Waals surface area contributed by atoms with Crippen LogP contribution in [0.2, 0.25) is 0 Å². The fraction of sp³-hybridized carbons (Fsp3) is 1.00. The fourth-order valence-electron chi connectivity index (χ4n) is 4.49. The molecule has 1 aliphatic heterocycles. The lowest BCUT2D eigenvalue weighted by Crippen LogP contribution is -2.57. The van der Waals surface area contributed by atoms with Gasteiger partial charge in [-0.1, -0.05) is 13.8 Å². The summed E-state index contributed by atoms with van der Waals surface area (Å²) in [5.74, 6) is 1.87. The van der Waals surface area contributed by atoms with Crippen molar-refractivity contribution in [2.24, 2.45) is 23.2 Å². The second kappa shape index (κ2) is 5.34. The summed E-state index contributed by atoms with van der Waals surface area (Å²) in [7, 11) is 0. The Balaban J connectivity index is 1.46. The predicted octanol–water partition coefficient (Wildman–Crippen LogP) is 2.96. The summed E-state index contributed by atoms with van der Waals surface area (Å²) < 4.78 is 11.4. The highest BCUT2D eigenvalue weighted by Gasteiger charge is 2.57. The molecule has 3 saturated carbocycles. The summed E-state index contributed by atoms with van der Waals surface area (Å²) in [6, 6.07) is 0. The molecule has 3 unspecified atom stereocenters. The van der Waals surface area contributed by atoms with Crippen LogP contribution < -0.4 is 0 Å². The summed E-state index contributed by atoms with van der Waals surface area (Å²) in [5.41, 5.74) is 0.436. The molecule has 0 spiro atoms. The van der Waals surface area contributed by atoms with Crippen LogP contribution in [-0.4, -0.2) is 30.7 Å². The van der Waals surface area contributed by atoms with E-state index in [0.29, 0.717) is 17.3 Å². The number of aliphatic hydroxyl groups is 1. The molecule has 2 bridgehead atoms. The Hall–Kier alpha value is -0.120. The molecule has 0 aromatic rings. The summed E-state index contributed by atoms with van der Waals surface area (Å²) in [4.78, 5) is 0. The third-order valence-electron chi connectivity index (χ3n) is 5.98. The minimum absolute atomic E-state index is 0.0108. The van der Waals surface area contributed by atoms with E-state index in [9.17, 15) is 5.11 Å². The monoisotopic (exact) mass is 268 g/mol. The third-order valence-corrected chi connectivity index (χ3v) is 5.98. The minimum atomic E-state index is -0.104. The van der Waals surface area contributed by atoms with Crippen LogP contribution in [0.25, 0.3) is 0 Å². The molecule has 0 radical (unpaired) electrons. The number of hydrogen-bond acceptors (Lipinski definition) is 3. The maximum Gasteiger partial charge on any atom is 0.157 e. The van der Waals surface area contributed by atoms with Crippen LogP contribution in [0, 0.1) is 23.2 Å².